The molecule has 0 aromatic rings. The number of fused-ring (bicyclic) bond motifs is 1. The average Bonchev–Trinajstić information content (AvgIpc) is 2.79. The molecule has 0 aliphatic heterocycles. The van der Waals surface area contributed by atoms with Crippen LogP contribution in [0, 0.1) is 11.3 Å². The van der Waals surface area contributed by atoms with Crippen LogP contribution in [0.1, 0.15) is 40.0 Å². The standard InChI is InChI=1S/C14H26O3Si/c1-13(2,3)18(5,6)17-11-7-10-8-14(10,9-11)12(15)16-4/h10-11H,7-9H2,1-6H3/t10-,11+,14+/m0/s1. The zero-order valence-corrected chi connectivity index (χ0v) is 13.5. The van der Waals surface area contributed by atoms with Gasteiger partial charge in [-0.1, -0.05) is 20.8 Å². The van der Waals surface area contributed by atoms with Crippen molar-refractivity contribution in [1.82, 2.24) is 0 Å². The molecule has 0 saturated heterocycles. The first kappa shape index (κ1) is 14.1. The molecule has 104 valence electrons. The van der Waals surface area contributed by atoms with Crippen molar-refractivity contribution in [3.8, 4) is 0 Å². The highest BCUT2D eigenvalue weighted by molar-refractivity contribution is 6.74. The minimum absolute atomic E-state index is 0.0196. The Balaban J connectivity index is 1.98. The Bertz CT molecular complexity index is 359. The van der Waals surface area contributed by atoms with E-state index in [2.05, 4.69) is 33.9 Å². The Hall–Kier alpha value is -0.353. The number of methoxy groups -OCH3 is 1. The van der Waals surface area contributed by atoms with Gasteiger partial charge in [-0.05, 0) is 43.3 Å². The van der Waals surface area contributed by atoms with Crippen molar-refractivity contribution in [1.29, 1.82) is 0 Å². The molecular formula is C14H26O3Si. The summed E-state index contributed by atoms with van der Waals surface area (Å²) in [6.45, 7) is 11.3. The normalized spacial score (nSPS) is 35.2. The third-order valence-electron chi connectivity index (χ3n) is 5.23. The molecule has 2 aliphatic carbocycles. The highest BCUT2D eigenvalue weighted by Gasteiger charge is 2.66. The zero-order valence-electron chi connectivity index (χ0n) is 12.5. The Morgan fingerprint density at radius 2 is 1.89 bits per heavy atom. The summed E-state index contributed by atoms with van der Waals surface area (Å²) in [4.78, 5) is 11.8. The first-order valence-electron chi connectivity index (χ1n) is 6.89. The van der Waals surface area contributed by atoms with Crippen molar-refractivity contribution in [2.75, 3.05) is 7.11 Å². The van der Waals surface area contributed by atoms with Crippen LogP contribution in [0.2, 0.25) is 18.1 Å². The van der Waals surface area contributed by atoms with Gasteiger partial charge in [-0.2, -0.15) is 0 Å². The van der Waals surface area contributed by atoms with Crippen molar-refractivity contribution in [3.63, 3.8) is 0 Å². The average molecular weight is 270 g/mol. The molecule has 0 amide bonds. The molecule has 4 heteroatoms. The van der Waals surface area contributed by atoms with Crippen molar-refractivity contribution >= 4 is 14.3 Å². The summed E-state index contributed by atoms with van der Waals surface area (Å²) in [6.07, 6.45) is 3.19. The molecule has 0 spiro atoms. The van der Waals surface area contributed by atoms with E-state index in [0.717, 1.165) is 19.3 Å². The van der Waals surface area contributed by atoms with E-state index in [9.17, 15) is 4.79 Å². The lowest BCUT2D eigenvalue weighted by atomic mass is 10.0. The predicted molar refractivity (Wildman–Crippen MR) is 73.9 cm³/mol. The summed E-state index contributed by atoms with van der Waals surface area (Å²) in [6, 6.07) is 0. The maximum absolute atomic E-state index is 11.8. The quantitative estimate of drug-likeness (QED) is 0.583. The molecular weight excluding hydrogens is 244 g/mol. The molecule has 18 heavy (non-hydrogen) atoms. The number of carbonyl (C=O) groups is 1. The molecule has 2 fully saturated rings. The van der Waals surface area contributed by atoms with Gasteiger partial charge in [0.1, 0.15) is 0 Å². The molecule has 0 bridgehead atoms. The van der Waals surface area contributed by atoms with Crippen LogP contribution < -0.4 is 0 Å². The van der Waals surface area contributed by atoms with Crippen LogP contribution in [0.4, 0.5) is 0 Å². The molecule has 3 nitrogen and oxygen atoms in total. The summed E-state index contributed by atoms with van der Waals surface area (Å²) in [5, 5.41) is 0.234. The second kappa shape index (κ2) is 4.07. The summed E-state index contributed by atoms with van der Waals surface area (Å²) in [7, 11) is -0.214. The molecule has 0 aromatic carbocycles. The van der Waals surface area contributed by atoms with Gasteiger partial charge in [-0.3, -0.25) is 4.79 Å². The van der Waals surface area contributed by atoms with Crippen LogP contribution in [-0.4, -0.2) is 27.5 Å². The maximum atomic E-state index is 11.8. The molecule has 0 aromatic heterocycles. The number of esters is 1. The number of hydrogen-bond donors (Lipinski definition) is 0. The SMILES string of the molecule is COC(=O)[C@]12C[C@H](O[Si](C)(C)C(C)(C)C)C[C@H]1C2. The van der Waals surface area contributed by atoms with E-state index in [1.54, 1.807) is 0 Å². The molecule has 0 radical (unpaired) electrons. The van der Waals surface area contributed by atoms with Crippen LogP contribution in [0.15, 0.2) is 0 Å². The molecule has 0 heterocycles. The molecule has 2 saturated carbocycles. The summed E-state index contributed by atoms with van der Waals surface area (Å²) < 4.78 is 11.4. The fourth-order valence-electron chi connectivity index (χ4n) is 2.97. The lowest BCUT2D eigenvalue weighted by Crippen LogP contribution is -2.43. The van der Waals surface area contributed by atoms with Crippen LogP contribution in [0.25, 0.3) is 0 Å². The monoisotopic (exact) mass is 270 g/mol. The smallest absolute Gasteiger partial charge is 0.312 e. The van der Waals surface area contributed by atoms with Gasteiger partial charge in [-0.25, -0.2) is 0 Å². The van der Waals surface area contributed by atoms with E-state index >= 15 is 0 Å². The number of hydrogen-bond acceptors (Lipinski definition) is 3. The molecule has 2 aliphatic rings. The largest absolute Gasteiger partial charge is 0.469 e. The number of carbonyl (C=O) groups excluding carboxylic acids is 1. The van der Waals surface area contributed by atoms with E-state index in [1.807, 2.05) is 0 Å². The third-order valence-corrected chi connectivity index (χ3v) is 9.77. The van der Waals surface area contributed by atoms with Gasteiger partial charge < -0.3 is 9.16 Å². The lowest BCUT2D eigenvalue weighted by molar-refractivity contribution is -0.147. The lowest BCUT2D eigenvalue weighted by Gasteiger charge is -2.39. The topological polar surface area (TPSA) is 35.5 Å². The third kappa shape index (κ3) is 2.14. The Morgan fingerprint density at radius 3 is 2.39 bits per heavy atom. The van der Waals surface area contributed by atoms with Gasteiger partial charge in [0.15, 0.2) is 8.32 Å². The first-order valence-corrected chi connectivity index (χ1v) is 9.79. The fraction of sp³-hybridized carbons (Fsp3) is 0.929. The van der Waals surface area contributed by atoms with Gasteiger partial charge in [0, 0.05) is 6.10 Å². The van der Waals surface area contributed by atoms with Gasteiger partial charge in [0.25, 0.3) is 0 Å². The van der Waals surface area contributed by atoms with E-state index in [0.29, 0.717) is 5.92 Å². The van der Waals surface area contributed by atoms with Crippen LogP contribution in [0.3, 0.4) is 0 Å². The van der Waals surface area contributed by atoms with Crippen LogP contribution >= 0.6 is 0 Å². The minimum atomic E-state index is -1.71. The second-order valence-corrected chi connectivity index (χ2v) is 12.2. The summed E-state index contributed by atoms with van der Waals surface area (Å²) in [5.41, 5.74) is -0.179. The first-order chi connectivity index (χ1) is 8.12. The zero-order chi connectivity index (χ0) is 13.8. The van der Waals surface area contributed by atoms with Gasteiger partial charge in [0.2, 0.25) is 0 Å². The van der Waals surface area contributed by atoms with E-state index in [1.165, 1.54) is 7.11 Å². The molecule has 0 unspecified atom stereocenters. The number of rotatable bonds is 3. The van der Waals surface area contributed by atoms with Gasteiger partial charge >= 0.3 is 5.97 Å². The molecule has 0 N–H and O–H groups in total. The fourth-order valence-corrected chi connectivity index (χ4v) is 4.33. The highest BCUT2D eigenvalue weighted by Crippen LogP contribution is 2.65. The van der Waals surface area contributed by atoms with Crippen molar-refractivity contribution in [2.45, 2.75) is 64.3 Å². The highest BCUT2D eigenvalue weighted by atomic mass is 28.4. The van der Waals surface area contributed by atoms with Gasteiger partial charge in [-0.15, -0.1) is 0 Å². The van der Waals surface area contributed by atoms with Gasteiger partial charge in [0.05, 0.1) is 12.5 Å². The van der Waals surface area contributed by atoms with E-state index < -0.39 is 8.32 Å². The molecule has 3 atom stereocenters. The number of ether oxygens (including phenoxy) is 1. The predicted octanol–water partition coefficient (Wildman–Crippen LogP) is 3.35. The Morgan fingerprint density at radius 1 is 1.28 bits per heavy atom. The van der Waals surface area contributed by atoms with E-state index in [4.69, 9.17) is 9.16 Å². The Kier molecular flexibility index (Phi) is 3.18. The van der Waals surface area contributed by atoms with Crippen molar-refractivity contribution < 1.29 is 14.0 Å². The minimum Gasteiger partial charge on any atom is -0.469 e. The van der Waals surface area contributed by atoms with Crippen molar-refractivity contribution in [3.05, 3.63) is 0 Å². The Labute approximate surface area is 111 Å². The summed E-state index contributed by atoms with van der Waals surface area (Å²) in [5.74, 6) is 0.494. The second-order valence-electron chi connectivity index (χ2n) is 7.49. The maximum Gasteiger partial charge on any atom is 0.312 e. The van der Waals surface area contributed by atoms with Crippen LogP contribution in [0.5, 0.6) is 0 Å². The van der Waals surface area contributed by atoms with E-state index in [-0.39, 0.29) is 22.5 Å². The summed E-state index contributed by atoms with van der Waals surface area (Å²) >= 11 is 0. The molecule has 2 rings (SSSR count). The van der Waals surface area contributed by atoms with Crippen molar-refractivity contribution in [2.24, 2.45) is 11.3 Å². The van der Waals surface area contributed by atoms with Crippen LogP contribution in [-0.2, 0) is 14.0 Å².